The molecule has 0 saturated carbocycles. The van der Waals surface area contributed by atoms with E-state index >= 15 is 0 Å². The number of hydrogen-bond donors (Lipinski definition) is 1. The number of aliphatic hydroxyl groups is 1. The molecule has 0 fully saturated rings. The molecule has 0 saturated heterocycles. The van der Waals surface area contributed by atoms with Crippen molar-refractivity contribution in [2.24, 2.45) is 5.41 Å². The fourth-order valence-electron chi connectivity index (χ4n) is 1.14. The van der Waals surface area contributed by atoms with Crippen LogP contribution in [0.2, 0.25) is 0 Å². The summed E-state index contributed by atoms with van der Waals surface area (Å²) in [6.45, 7) is 17.3. The molecule has 0 aromatic rings. The Kier molecular flexibility index (Phi) is 3.53. The zero-order valence-corrected chi connectivity index (χ0v) is 9.36. The van der Waals surface area contributed by atoms with E-state index in [-0.39, 0.29) is 5.41 Å². The summed E-state index contributed by atoms with van der Waals surface area (Å²) in [5.41, 5.74) is 2.28. The predicted octanol–water partition coefficient (Wildman–Crippen LogP) is 4.00. The first kappa shape index (κ1) is 12.0. The van der Waals surface area contributed by atoms with Gasteiger partial charge in [0.25, 0.3) is 0 Å². The van der Waals surface area contributed by atoms with E-state index in [1.807, 2.05) is 34.6 Å². The Morgan fingerprint density at radius 3 is 1.38 bits per heavy atom. The molecule has 0 aromatic heterocycles. The average molecular weight is 180 g/mol. The van der Waals surface area contributed by atoms with E-state index in [1.165, 1.54) is 0 Å². The van der Waals surface area contributed by atoms with Crippen molar-refractivity contribution in [1.82, 2.24) is 0 Å². The second kappa shape index (κ2) is 3.82. The molecule has 0 aliphatic heterocycles. The van der Waals surface area contributed by atoms with Crippen LogP contribution in [0.1, 0.15) is 34.6 Å². The maximum atomic E-state index is 9.94. The Morgan fingerprint density at radius 2 is 1.31 bits per heavy atom. The van der Waals surface area contributed by atoms with Crippen LogP contribution in [0.25, 0.3) is 0 Å². The van der Waals surface area contributed by atoms with E-state index in [4.69, 9.17) is 0 Å². The topological polar surface area (TPSA) is 20.2 Å². The molecule has 0 aliphatic rings. The summed E-state index contributed by atoms with van der Waals surface area (Å²) in [5, 5.41) is 9.94. The van der Waals surface area contributed by atoms with Gasteiger partial charge < -0.3 is 5.11 Å². The number of hydrogen-bond acceptors (Lipinski definition) is 1. The minimum absolute atomic E-state index is 0.243. The average Bonchev–Trinajstić information content (AvgIpc) is 1.82. The van der Waals surface area contributed by atoms with Crippen molar-refractivity contribution in [3.05, 3.63) is 35.6 Å². The maximum absolute atomic E-state index is 9.94. The Balaban J connectivity index is 5.36. The Hall–Kier alpha value is -0.980. The van der Waals surface area contributed by atoms with E-state index < -0.39 is 0 Å². The molecule has 0 atom stereocenters. The second-order valence-electron chi connectivity index (χ2n) is 4.53. The number of aliphatic hydroxyl groups excluding tert-OH is 1. The molecule has 0 rings (SSSR count). The van der Waals surface area contributed by atoms with Gasteiger partial charge in [-0.25, -0.2) is 0 Å². The van der Waals surface area contributed by atoms with Crippen LogP contribution in [0.4, 0.5) is 0 Å². The van der Waals surface area contributed by atoms with Gasteiger partial charge in [-0.3, -0.25) is 0 Å². The van der Waals surface area contributed by atoms with Crippen LogP contribution in [0.3, 0.4) is 0 Å². The highest BCUT2D eigenvalue weighted by Gasteiger charge is 2.21. The van der Waals surface area contributed by atoms with Crippen LogP contribution < -0.4 is 0 Å². The van der Waals surface area contributed by atoms with Gasteiger partial charge in [-0.05, 0) is 25.0 Å². The Bertz CT molecular complexity index is 245. The molecular weight excluding hydrogens is 160 g/mol. The van der Waals surface area contributed by atoms with Crippen molar-refractivity contribution in [1.29, 1.82) is 0 Å². The van der Waals surface area contributed by atoms with E-state index in [1.54, 1.807) is 0 Å². The number of rotatable bonds is 2. The summed E-state index contributed by atoms with van der Waals surface area (Å²) in [7, 11) is 0. The van der Waals surface area contributed by atoms with Crippen molar-refractivity contribution >= 4 is 0 Å². The van der Waals surface area contributed by atoms with Crippen molar-refractivity contribution < 1.29 is 5.11 Å². The molecule has 1 nitrogen and oxygen atoms in total. The van der Waals surface area contributed by atoms with Crippen LogP contribution in [-0.2, 0) is 0 Å². The van der Waals surface area contributed by atoms with Crippen molar-refractivity contribution in [3.63, 3.8) is 0 Å². The minimum Gasteiger partial charge on any atom is -0.511 e. The summed E-state index contributed by atoms with van der Waals surface area (Å²) < 4.78 is 0. The monoisotopic (exact) mass is 180 g/mol. The fourth-order valence-corrected chi connectivity index (χ4v) is 1.14. The maximum Gasteiger partial charge on any atom is 0.105 e. The third-order valence-corrected chi connectivity index (χ3v) is 1.80. The lowest BCUT2D eigenvalue weighted by molar-refractivity contribution is 0.273. The smallest absolute Gasteiger partial charge is 0.105 e. The van der Waals surface area contributed by atoms with E-state index in [2.05, 4.69) is 13.2 Å². The molecule has 0 aliphatic carbocycles. The van der Waals surface area contributed by atoms with E-state index in [0.29, 0.717) is 5.76 Å². The fraction of sp³-hybridized carbons (Fsp3) is 0.500. The van der Waals surface area contributed by atoms with Gasteiger partial charge in [0.05, 0.1) is 0 Å². The van der Waals surface area contributed by atoms with Gasteiger partial charge in [0, 0.05) is 11.0 Å². The van der Waals surface area contributed by atoms with Crippen molar-refractivity contribution in [3.8, 4) is 0 Å². The molecular formula is C12H20O. The third-order valence-electron chi connectivity index (χ3n) is 1.80. The van der Waals surface area contributed by atoms with Gasteiger partial charge in [-0.15, -0.1) is 0 Å². The molecule has 0 spiro atoms. The summed E-state index contributed by atoms with van der Waals surface area (Å²) >= 11 is 0. The molecule has 0 unspecified atom stereocenters. The predicted molar refractivity (Wildman–Crippen MR) is 58.7 cm³/mol. The molecule has 0 aromatic carbocycles. The number of allylic oxidation sites excluding steroid dienone is 4. The Labute approximate surface area is 81.5 Å². The van der Waals surface area contributed by atoms with Gasteiger partial charge in [0.1, 0.15) is 5.76 Å². The standard InChI is InChI=1S/C12H20O/c1-8(2)10(9(3)4)11(13)12(5,6)7/h13H,1,3H2,2,4-7H3. The van der Waals surface area contributed by atoms with Crippen LogP contribution in [0.15, 0.2) is 35.6 Å². The van der Waals surface area contributed by atoms with Gasteiger partial charge >= 0.3 is 0 Å². The molecule has 0 radical (unpaired) electrons. The minimum atomic E-state index is -0.243. The first-order valence-corrected chi connectivity index (χ1v) is 4.43. The molecule has 74 valence electrons. The third kappa shape index (κ3) is 3.10. The van der Waals surface area contributed by atoms with Crippen LogP contribution >= 0.6 is 0 Å². The summed E-state index contributed by atoms with van der Waals surface area (Å²) in [4.78, 5) is 0. The zero-order valence-electron chi connectivity index (χ0n) is 9.36. The first-order valence-electron chi connectivity index (χ1n) is 4.43. The van der Waals surface area contributed by atoms with Crippen molar-refractivity contribution in [2.45, 2.75) is 34.6 Å². The molecule has 0 bridgehead atoms. The normalized spacial score (nSPS) is 10.8. The summed E-state index contributed by atoms with van der Waals surface area (Å²) in [6.07, 6.45) is 0. The lowest BCUT2D eigenvalue weighted by Crippen LogP contribution is -2.12. The highest BCUT2D eigenvalue weighted by Crippen LogP contribution is 2.31. The lowest BCUT2D eigenvalue weighted by Gasteiger charge is -2.22. The SMILES string of the molecule is C=C(C)C(C(=C)C)=C(O)C(C)(C)C. The van der Waals surface area contributed by atoms with Crippen LogP contribution in [-0.4, -0.2) is 5.11 Å². The summed E-state index contributed by atoms with van der Waals surface area (Å²) in [5.74, 6) is 0.368. The van der Waals surface area contributed by atoms with Crippen LogP contribution in [0.5, 0.6) is 0 Å². The second-order valence-corrected chi connectivity index (χ2v) is 4.53. The van der Waals surface area contributed by atoms with E-state index in [0.717, 1.165) is 16.7 Å². The van der Waals surface area contributed by atoms with Crippen molar-refractivity contribution in [2.75, 3.05) is 0 Å². The quantitative estimate of drug-likeness (QED) is 0.503. The lowest BCUT2D eigenvalue weighted by atomic mass is 9.86. The zero-order chi connectivity index (χ0) is 10.8. The largest absolute Gasteiger partial charge is 0.511 e. The van der Waals surface area contributed by atoms with Gasteiger partial charge in [-0.1, -0.05) is 33.9 Å². The summed E-state index contributed by atoms with van der Waals surface area (Å²) in [6, 6.07) is 0. The first-order chi connectivity index (χ1) is 5.68. The molecule has 0 heterocycles. The molecule has 1 heteroatoms. The molecule has 13 heavy (non-hydrogen) atoms. The molecule has 0 amide bonds. The van der Waals surface area contributed by atoms with Gasteiger partial charge in [-0.2, -0.15) is 0 Å². The Morgan fingerprint density at radius 1 is 1.00 bits per heavy atom. The molecule has 1 N–H and O–H groups in total. The van der Waals surface area contributed by atoms with Crippen LogP contribution in [0, 0.1) is 5.41 Å². The van der Waals surface area contributed by atoms with Gasteiger partial charge in [0.2, 0.25) is 0 Å². The highest BCUT2D eigenvalue weighted by atomic mass is 16.3. The highest BCUT2D eigenvalue weighted by molar-refractivity contribution is 5.44. The van der Waals surface area contributed by atoms with Gasteiger partial charge in [0.15, 0.2) is 0 Å². The van der Waals surface area contributed by atoms with E-state index in [9.17, 15) is 5.11 Å².